The van der Waals surface area contributed by atoms with E-state index in [0.717, 1.165) is 39.2 Å². The van der Waals surface area contributed by atoms with Crippen LogP contribution in [0.5, 0.6) is 0 Å². The Hall–Kier alpha value is -0.420. The van der Waals surface area contributed by atoms with Crippen LogP contribution in [0.3, 0.4) is 0 Å². The molecule has 0 aromatic carbocycles. The Kier molecular flexibility index (Phi) is 7.42. The molecule has 0 aliphatic heterocycles. The lowest BCUT2D eigenvalue weighted by Gasteiger charge is -2.16. The highest BCUT2D eigenvalue weighted by Gasteiger charge is 1.97. The molecule has 3 nitrogen and oxygen atoms in total. The Bertz CT molecular complexity index is 252. The Labute approximate surface area is 102 Å². The summed E-state index contributed by atoms with van der Waals surface area (Å²) >= 11 is 1.77. The van der Waals surface area contributed by atoms with Crippen LogP contribution in [0.1, 0.15) is 5.56 Å². The second-order valence-electron chi connectivity index (χ2n) is 3.93. The van der Waals surface area contributed by atoms with Gasteiger partial charge in [-0.2, -0.15) is 11.3 Å². The minimum Gasteiger partial charge on any atom is -0.383 e. The molecule has 1 aromatic rings. The zero-order valence-corrected chi connectivity index (χ0v) is 11.1. The molecule has 0 saturated heterocycles. The maximum atomic E-state index is 5.03. The average Bonchev–Trinajstić information content (AvgIpc) is 2.79. The van der Waals surface area contributed by atoms with Crippen molar-refractivity contribution < 1.29 is 4.74 Å². The van der Waals surface area contributed by atoms with E-state index in [2.05, 4.69) is 34.1 Å². The van der Waals surface area contributed by atoms with Gasteiger partial charge in [0.25, 0.3) is 0 Å². The lowest BCUT2D eigenvalue weighted by atomic mass is 10.2. The van der Waals surface area contributed by atoms with Crippen molar-refractivity contribution in [3.05, 3.63) is 22.4 Å². The van der Waals surface area contributed by atoms with E-state index in [4.69, 9.17) is 4.74 Å². The number of thiophene rings is 1. The molecular weight excluding hydrogens is 220 g/mol. The van der Waals surface area contributed by atoms with Gasteiger partial charge >= 0.3 is 0 Å². The van der Waals surface area contributed by atoms with E-state index < -0.39 is 0 Å². The molecule has 0 aliphatic rings. The van der Waals surface area contributed by atoms with E-state index in [-0.39, 0.29) is 0 Å². The van der Waals surface area contributed by atoms with Crippen molar-refractivity contribution in [1.29, 1.82) is 0 Å². The third-order valence-electron chi connectivity index (χ3n) is 2.52. The highest BCUT2D eigenvalue weighted by atomic mass is 32.1. The van der Waals surface area contributed by atoms with Crippen molar-refractivity contribution in [2.75, 3.05) is 46.9 Å². The summed E-state index contributed by atoms with van der Waals surface area (Å²) in [5.74, 6) is 0. The molecule has 0 atom stereocenters. The van der Waals surface area contributed by atoms with Gasteiger partial charge < -0.3 is 15.0 Å². The smallest absolute Gasteiger partial charge is 0.0589 e. The molecule has 1 N–H and O–H groups in total. The van der Waals surface area contributed by atoms with Crippen LogP contribution in [0.25, 0.3) is 0 Å². The van der Waals surface area contributed by atoms with Gasteiger partial charge in [-0.3, -0.25) is 0 Å². The minimum atomic E-state index is 0.811. The molecule has 0 saturated carbocycles. The van der Waals surface area contributed by atoms with Crippen LogP contribution in [0.2, 0.25) is 0 Å². The fraction of sp³-hybridized carbons (Fsp3) is 0.667. The number of nitrogens with zero attached hydrogens (tertiary/aromatic N) is 1. The zero-order chi connectivity index (χ0) is 11.6. The number of nitrogens with one attached hydrogen (secondary N) is 1. The van der Waals surface area contributed by atoms with Crippen molar-refractivity contribution in [1.82, 2.24) is 10.2 Å². The molecule has 1 heterocycles. The van der Waals surface area contributed by atoms with Gasteiger partial charge in [0, 0.05) is 26.7 Å². The Morgan fingerprint density at radius 1 is 1.38 bits per heavy atom. The molecule has 0 aliphatic carbocycles. The van der Waals surface area contributed by atoms with E-state index in [1.165, 1.54) is 5.56 Å². The standard InChI is InChI=1S/C12H22N2OS/c1-14(8-9-15-2)7-6-13-5-3-12-4-10-16-11-12/h4,10-11,13H,3,5-9H2,1-2H3. The highest BCUT2D eigenvalue weighted by Crippen LogP contribution is 2.05. The first-order valence-electron chi connectivity index (χ1n) is 5.72. The van der Waals surface area contributed by atoms with E-state index >= 15 is 0 Å². The third kappa shape index (κ3) is 6.23. The van der Waals surface area contributed by atoms with E-state index in [0.29, 0.717) is 0 Å². The Balaban J connectivity index is 1.91. The summed E-state index contributed by atoms with van der Waals surface area (Å²) in [6.07, 6.45) is 1.13. The average molecular weight is 242 g/mol. The summed E-state index contributed by atoms with van der Waals surface area (Å²) in [5, 5.41) is 7.80. The number of methoxy groups -OCH3 is 1. The summed E-state index contributed by atoms with van der Waals surface area (Å²) in [5.41, 5.74) is 1.44. The first-order chi connectivity index (χ1) is 7.83. The summed E-state index contributed by atoms with van der Waals surface area (Å²) in [6, 6.07) is 2.19. The molecule has 0 unspecified atom stereocenters. The van der Waals surface area contributed by atoms with Crippen LogP contribution < -0.4 is 5.32 Å². The number of hydrogen-bond acceptors (Lipinski definition) is 4. The second-order valence-corrected chi connectivity index (χ2v) is 4.71. The molecule has 1 aromatic heterocycles. The van der Waals surface area contributed by atoms with Crippen LogP contribution >= 0.6 is 11.3 Å². The number of ether oxygens (including phenoxy) is 1. The summed E-state index contributed by atoms with van der Waals surface area (Å²) in [6.45, 7) is 5.00. The SMILES string of the molecule is COCCN(C)CCNCCc1ccsc1. The van der Waals surface area contributed by atoms with Crippen molar-refractivity contribution in [2.24, 2.45) is 0 Å². The fourth-order valence-corrected chi connectivity index (χ4v) is 2.12. The van der Waals surface area contributed by atoms with Gasteiger partial charge in [-0.05, 0) is 42.4 Å². The van der Waals surface area contributed by atoms with Crippen molar-refractivity contribution >= 4 is 11.3 Å². The first kappa shape index (κ1) is 13.6. The number of likely N-dealkylation sites (N-methyl/N-ethyl adjacent to an activating group) is 1. The monoisotopic (exact) mass is 242 g/mol. The fourth-order valence-electron chi connectivity index (χ4n) is 1.42. The van der Waals surface area contributed by atoms with Gasteiger partial charge in [0.1, 0.15) is 0 Å². The topological polar surface area (TPSA) is 24.5 Å². The van der Waals surface area contributed by atoms with Gasteiger partial charge in [0.05, 0.1) is 6.61 Å². The molecule has 4 heteroatoms. The molecule has 0 amide bonds. The maximum absolute atomic E-state index is 5.03. The molecule has 0 radical (unpaired) electrons. The normalized spacial score (nSPS) is 11.2. The molecule has 16 heavy (non-hydrogen) atoms. The molecule has 0 fully saturated rings. The number of rotatable bonds is 9. The molecule has 0 bridgehead atoms. The molecule has 0 spiro atoms. The van der Waals surface area contributed by atoms with Crippen LogP contribution in [0.4, 0.5) is 0 Å². The number of hydrogen-bond donors (Lipinski definition) is 1. The Morgan fingerprint density at radius 3 is 2.94 bits per heavy atom. The van der Waals surface area contributed by atoms with Gasteiger partial charge in [-0.25, -0.2) is 0 Å². The largest absolute Gasteiger partial charge is 0.383 e. The predicted octanol–water partition coefficient (Wildman–Crippen LogP) is 1.46. The van der Waals surface area contributed by atoms with Crippen molar-refractivity contribution in [2.45, 2.75) is 6.42 Å². The maximum Gasteiger partial charge on any atom is 0.0589 e. The van der Waals surface area contributed by atoms with E-state index in [9.17, 15) is 0 Å². The summed E-state index contributed by atoms with van der Waals surface area (Å²) in [7, 11) is 3.87. The van der Waals surface area contributed by atoms with Gasteiger partial charge in [0.15, 0.2) is 0 Å². The lowest BCUT2D eigenvalue weighted by molar-refractivity contribution is 0.161. The van der Waals surface area contributed by atoms with E-state index in [1.54, 1.807) is 18.4 Å². The quantitative estimate of drug-likeness (QED) is 0.664. The molecule has 92 valence electrons. The summed E-state index contributed by atoms with van der Waals surface area (Å²) in [4.78, 5) is 2.28. The third-order valence-corrected chi connectivity index (χ3v) is 3.25. The van der Waals surface area contributed by atoms with Crippen molar-refractivity contribution in [3.63, 3.8) is 0 Å². The minimum absolute atomic E-state index is 0.811. The van der Waals surface area contributed by atoms with Crippen LogP contribution in [-0.2, 0) is 11.2 Å². The highest BCUT2D eigenvalue weighted by molar-refractivity contribution is 7.07. The van der Waals surface area contributed by atoms with Crippen LogP contribution in [0, 0.1) is 0 Å². The van der Waals surface area contributed by atoms with Crippen LogP contribution in [0.15, 0.2) is 16.8 Å². The second kappa shape index (κ2) is 8.70. The van der Waals surface area contributed by atoms with Gasteiger partial charge in [-0.1, -0.05) is 0 Å². The molecular formula is C12H22N2OS. The predicted molar refractivity (Wildman–Crippen MR) is 70.3 cm³/mol. The Morgan fingerprint density at radius 2 is 2.25 bits per heavy atom. The zero-order valence-electron chi connectivity index (χ0n) is 10.2. The molecule has 1 rings (SSSR count). The van der Waals surface area contributed by atoms with Crippen molar-refractivity contribution in [3.8, 4) is 0 Å². The van der Waals surface area contributed by atoms with Gasteiger partial charge in [0.2, 0.25) is 0 Å². The lowest BCUT2D eigenvalue weighted by Crippen LogP contribution is -2.32. The van der Waals surface area contributed by atoms with E-state index in [1.807, 2.05) is 0 Å². The summed E-state index contributed by atoms with van der Waals surface area (Å²) < 4.78 is 5.03. The first-order valence-corrected chi connectivity index (χ1v) is 6.66. The van der Waals surface area contributed by atoms with Crippen LogP contribution in [-0.4, -0.2) is 51.8 Å². The van der Waals surface area contributed by atoms with Gasteiger partial charge in [-0.15, -0.1) is 0 Å².